The number of nitrogens with zero attached hydrogens (tertiary/aromatic N) is 4. The van der Waals surface area contributed by atoms with Crippen LogP contribution < -0.4 is 15.5 Å². The van der Waals surface area contributed by atoms with Crippen molar-refractivity contribution in [3.05, 3.63) is 77.6 Å². The number of urea groups is 1. The number of hydrogen-bond donors (Lipinski definition) is 2. The van der Waals surface area contributed by atoms with Crippen LogP contribution in [0.5, 0.6) is 0 Å². The van der Waals surface area contributed by atoms with Crippen molar-refractivity contribution in [2.24, 2.45) is 0 Å². The fourth-order valence-electron chi connectivity index (χ4n) is 3.62. The van der Waals surface area contributed by atoms with E-state index >= 15 is 0 Å². The summed E-state index contributed by atoms with van der Waals surface area (Å²) in [5.41, 5.74) is -1.32. The summed E-state index contributed by atoms with van der Waals surface area (Å²) in [7, 11) is 0. The topological polar surface area (TPSA) is 90.5 Å². The van der Waals surface area contributed by atoms with E-state index in [0.717, 1.165) is 6.07 Å². The van der Waals surface area contributed by atoms with Crippen molar-refractivity contribution in [2.45, 2.75) is 6.18 Å². The molecule has 35 heavy (non-hydrogen) atoms. The molecule has 0 bridgehead atoms. The van der Waals surface area contributed by atoms with Crippen LogP contribution in [0.2, 0.25) is 0 Å². The molecule has 1 aliphatic rings. The highest BCUT2D eigenvalue weighted by Gasteiger charge is 2.36. The number of benzene rings is 2. The Kier molecular flexibility index (Phi) is 6.80. The first-order valence-electron chi connectivity index (χ1n) is 10.6. The monoisotopic (exact) mass is 488 g/mol. The molecule has 8 nitrogen and oxygen atoms in total. The van der Waals surface area contributed by atoms with E-state index in [1.165, 1.54) is 47.4 Å². The molecule has 2 N–H and O–H groups in total. The molecule has 0 radical (unpaired) electrons. The molecular weight excluding hydrogens is 468 g/mol. The van der Waals surface area contributed by atoms with Gasteiger partial charge in [-0.1, -0.05) is 24.3 Å². The fourth-order valence-corrected chi connectivity index (χ4v) is 3.62. The Hall–Kier alpha value is -4.22. The molecule has 0 atom stereocenters. The predicted molar refractivity (Wildman–Crippen MR) is 121 cm³/mol. The Morgan fingerprint density at radius 3 is 2.17 bits per heavy atom. The van der Waals surface area contributed by atoms with Crippen LogP contribution in [0.3, 0.4) is 0 Å². The van der Waals surface area contributed by atoms with E-state index in [4.69, 9.17) is 0 Å². The van der Waals surface area contributed by atoms with E-state index in [0.29, 0.717) is 18.9 Å². The average molecular weight is 488 g/mol. The highest BCUT2D eigenvalue weighted by Crippen LogP contribution is 2.32. The van der Waals surface area contributed by atoms with Gasteiger partial charge in [-0.25, -0.2) is 9.18 Å². The third-order valence-corrected chi connectivity index (χ3v) is 5.37. The molecule has 2 heterocycles. The molecule has 4 rings (SSSR count). The molecular formula is C23H20F4N6O2. The molecule has 1 aliphatic heterocycles. The first-order valence-corrected chi connectivity index (χ1v) is 10.6. The van der Waals surface area contributed by atoms with E-state index in [2.05, 4.69) is 20.8 Å². The largest absolute Gasteiger partial charge is 0.417 e. The lowest BCUT2D eigenvalue weighted by Crippen LogP contribution is -2.49. The third-order valence-electron chi connectivity index (χ3n) is 5.37. The van der Waals surface area contributed by atoms with E-state index in [-0.39, 0.29) is 30.2 Å². The van der Waals surface area contributed by atoms with Gasteiger partial charge in [0.25, 0.3) is 5.91 Å². The van der Waals surface area contributed by atoms with Gasteiger partial charge >= 0.3 is 12.2 Å². The maximum Gasteiger partial charge on any atom is 0.417 e. The van der Waals surface area contributed by atoms with Crippen molar-refractivity contribution in [3.8, 4) is 0 Å². The number of carbonyl (C=O) groups is 2. The SMILES string of the molecule is O=C(Nc1ccc(N2CCN(C(=O)c3ccccc3C(F)(F)F)CC2)nn1)Nc1ccccc1F. The fraction of sp³-hybridized carbons (Fsp3) is 0.217. The number of hydrogen-bond acceptors (Lipinski definition) is 5. The lowest BCUT2D eigenvalue weighted by molar-refractivity contribution is -0.138. The normalized spacial score (nSPS) is 13.9. The minimum Gasteiger partial charge on any atom is -0.352 e. The third kappa shape index (κ3) is 5.65. The van der Waals surface area contributed by atoms with Crippen LogP contribution in [-0.2, 0) is 6.18 Å². The van der Waals surface area contributed by atoms with E-state index in [1.54, 1.807) is 12.1 Å². The Balaban J connectivity index is 1.33. The lowest BCUT2D eigenvalue weighted by atomic mass is 10.1. The van der Waals surface area contributed by atoms with E-state index in [1.807, 2.05) is 4.90 Å². The molecule has 0 aliphatic carbocycles. The Morgan fingerprint density at radius 2 is 1.51 bits per heavy atom. The van der Waals surface area contributed by atoms with Crippen molar-refractivity contribution < 1.29 is 27.2 Å². The van der Waals surface area contributed by atoms with Crippen molar-refractivity contribution in [2.75, 3.05) is 41.7 Å². The van der Waals surface area contributed by atoms with Crippen molar-refractivity contribution >= 4 is 29.3 Å². The number of amides is 3. The molecule has 3 amide bonds. The number of anilines is 3. The molecule has 12 heteroatoms. The van der Waals surface area contributed by atoms with Gasteiger partial charge in [0, 0.05) is 26.2 Å². The van der Waals surface area contributed by atoms with Crippen LogP contribution in [0, 0.1) is 5.82 Å². The van der Waals surface area contributed by atoms with Gasteiger partial charge in [0.05, 0.1) is 16.8 Å². The number of halogens is 4. The number of carbonyl (C=O) groups excluding carboxylic acids is 2. The Morgan fingerprint density at radius 1 is 0.829 bits per heavy atom. The van der Waals surface area contributed by atoms with Crippen LogP contribution in [0.1, 0.15) is 15.9 Å². The number of piperazine rings is 1. The summed E-state index contributed by atoms with van der Waals surface area (Å²) in [6, 6.07) is 12.9. The summed E-state index contributed by atoms with van der Waals surface area (Å²) in [5.74, 6) is -0.638. The van der Waals surface area contributed by atoms with Crippen LogP contribution >= 0.6 is 0 Å². The molecule has 0 unspecified atom stereocenters. The number of para-hydroxylation sites is 1. The van der Waals surface area contributed by atoms with E-state index < -0.39 is 29.5 Å². The minimum atomic E-state index is -4.62. The maximum atomic E-state index is 13.6. The van der Waals surface area contributed by atoms with Crippen LogP contribution in [0.4, 0.5) is 39.7 Å². The van der Waals surface area contributed by atoms with Crippen LogP contribution in [-0.4, -0.2) is 53.2 Å². The summed E-state index contributed by atoms with van der Waals surface area (Å²) < 4.78 is 53.4. The first kappa shape index (κ1) is 23.9. The summed E-state index contributed by atoms with van der Waals surface area (Å²) in [6.45, 7) is 1.10. The van der Waals surface area contributed by atoms with Gasteiger partial charge in [-0.3, -0.25) is 10.1 Å². The Bertz CT molecular complexity index is 1210. The minimum absolute atomic E-state index is 0.0138. The number of alkyl halides is 3. The molecule has 1 saturated heterocycles. The zero-order chi connectivity index (χ0) is 25.0. The molecule has 3 aromatic rings. The van der Waals surface area contributed by atoms with Crippen molar-refractivity contribution in [3.63, 3.8) is 0 Å². The smallest absolute Gasteiger partial charge is 0.352 e. The summed E-state index contributed by atoms with van der Waals surface area (Å²) in [4.78, 5) is 28.0. The van der Waals surface area contributed by atoms with Gasteiger partial charge in [-0.15, -0.1) is 10.2 Å². The highest BCUT2D eigenvalue weighted by atomic mass is 19.4. The second-order valence-corrected chi connectivity index (χ2v) is 7.66. The molecule has 0 saturated carbocycles. The lowest BCUT2D eigenvalue weighted by Gasteiger charge is -2.35. The molecule has 2 aromatic carbocycles. The predicted octanol–water partition coefficient (Wildman–Crippen LogP) is 4.24. The standard InChI is InChI=1S/C23H20F4N6O2/c24-17-7-3-4-8-18(17)28-22(35)29-19-9-10-20(31-30-19)32-11-13-33(14-12-32)21(34)15-5-1-2-6-16(15)23(25,26)27/h1-10H,11-14H2,(H2,28,29,30,35). The van der Waals surface area contributed by atoms with Gasteiger partial charge in [-0.2, -0.15) is 13.2 Å². The van der Waals surface area contributed by atoms with Gasteiger partial charge in [0.2, 0.25) is 0 Å². The summed E-state index contributed by atoms with van der Waals surface area (Å²) in [5, 5.41) is 12.8. The van der Waals surface area contributed by atoms with Crippen molar-refractivity contribution in [1.29, 1.82) is 0 Å². The number of rotatable bonds is 4. The number of aromatic nitrogens is 2. The zero-order valence-electron chi connectivity index (χ0n) is 18.2. The quantitative estimate of drug-likeness (QED) is 0.537. The zero-order valence-corrected chi connectivity index (χ0v) is 18.2. The second kappa shape index (κ2) is 9.95. The molecule has 0 spiro atoms. The molecule has 1 aromatic heterocycles. The van der Waals surface area contributed by atoms with Gasteiger partial charge in [0.15, 0.2) is 11.6 Å². The first-order chi connectivity index (χ1) is 16.7. The van der Waals surface area contributed by atoms with Crippen LogP contribution in [0.15, 0.2) is 60.7 Å². The average Bonchev–Trinajstić information content (AvgIpc) is 2.85. The summed E-state index contributed by atoms with van der Waals surface area (Å²) >= 11 is 0. The Labute approximate surface area is 197 Å². The van der Waals surface area contributed by atoms with Crippen LogP contribution in [0.25, 0.3) is 0 Å². The summed E-state index contributed by atoms with van der Waals surface area (Å²) in [6.07, 6.45) is -4.62. The van der Waals surface area contributed by atoms with Crippen molar-refractivity contribution in [1.82, 2.24) is 15.1 Å². The van der Waals surface area contributed by atoms with Gasteiger partial charge < -0.3 is 15.1 Å². The maximum absolute atomic E-state index is 13.6. The molecule has 1 fully saturated rings. The highest BCUT2D eigenvalue weighted by molar-refractivity contribution is 5.99. The van der Waals surface area contributed by atoms with Gasteiger partial charge in [0.1, 0.15) is 5.82 Å². The van der Waals surface area contributed by atoms with E-state index in [9.17, 15) is 27.2 Å². The number of nitrogens with one attached hydrogen (secondary N) is 2. The van der Waals surface area contributed by atoms with Gasteiger partial charge in [-0.05, 0) is 36.4 Å². The molecule has 182 valence electrons. The second-order valence-electron chi connectivity index (χ2n) is 7.66.